The largest absolute Gasteiger partial charge is 0.489 e. The molecule has 21 heavy (non-hydrogen) atoms. The Morgan fingerprint density at radius 2 is 2.10 bits per heavy atom. The lowest BCUT2D eigenvalue weighted by Crippen LogP contribution is -2.02. The van der Waals surface area contributed by atoms with E-state index in [2.05, 4.69) is 0 Å². The van der Waals surface area contributed by atoms with Gasteiger partial charge in [-0.3, -0.25) is 4.79 Å². The maximum absolute atomic E-state index is 11.7. The molecule has 1 aromatic heterocycles. The highest BCUT2D eigenvalue weighted by Crippen LogP contribution is 2.40. The molecule has 0 spiro atoms. The molecular weight excluding hydrogens is 288 g/mol. The molecule has 0 aliphatic heterocycles. The summed E-state index contributed by atoms with van der Waals surface area (Å²) in [6.45, 7) is 0.731. The summed E-state index contributed by atoms with van der Waals surface area (Å²) < 4.78 is 11.9. The van der Waals surface area contributed by atoms with E-state index in [4.69, 9.17) is 20.8 Å². The van der Waals surface area contributed by atoms with Crippen LogP contribution in [-0.2, 0) is 12.8 Å². The average molecular weight is 305 g/mol. The number of hydrogen-bond donors (Lipinski definition) is 0. The third-order valence-corrected chi connectivity index (χ3v) is 4.65. The fraction of sp³-hybridized carbons (Fsp3) is 0.471. The van der Waals surface area contributed by atoms with Gasteiger partial charge in [-0.25, -0.2) is 0 Å². The summed E-state index contributed by atoms with van der Waals surface area (Å²) in [5, 5.41) is 0.445. The summed E-state index contributed by atoms with van der Waals surface area (Å²) in [5.74, 6) is 2.42. The molecule has 110 valence electrons. The van der Waals surface area contributed by atoms with Crippen molar-refractivity contribution in [1.82, 2.24) is 0 Å². The number of carbonyl (C=O) groups excluding carboxylic acids is 1. The van der Waals surface area contributed by atoms with Crippen LogP contribution in [-0.4, -0.2) is 11.8 Å². The van der Waals surface area contributed by atoms with E-state index in [1.165, 1.54) is 12.8 Å². The van der Waals surface area contributed by atoms with Crippen LogP contribution >= 0.6 is 11.6 Å². The van der Waals surface area contributed by atoms with Crippen LogP contribution in [0, 0.1) is 5.92 Å². The molecule has 0 saturated heterocycles. The van der Waals surface area contributed by atoms with E-state index in [0.717, 1.165) is 54.7 Å². The van der Waals surface area contributed by atoms with Crippen LogP contribution in [0.4, 0.5) is 0 Å². The average Bonchev–Trinajstić information content (AvgIpc) is 3.23. The predicted molar refractivity (Wildman–Crippen MR) is 81.3 cm³/mol. The zero-order valence-corrected chi connectivity index (χ0v) is 12.5. The van der Waals surface area contributed by atoms with Crippen molar-refractivity contribution in [2.45, 2.75) is 38.5 Å². The van der Waals surface area contributed by atoms with Crippen molar-refractivity contribution in [2.24, 2.45) is 5.92 Å². The lowest BCUT2D eigenvalue weighted by atomic mass is 9.94. The predicted octanol–water partition coefficient (Wildman–Crippen LogP) is 4.48. The Bertz CT molecular complexity index is 712. The van der Waals surface area contributed by atoms with Gasteiger partial charge in [-0.15, -0.1) is 0 Å². The van der Waals surface area contributed by atoms with Gasteiger partial charge in [0, 0.05) is 22.9 Å². The number of rotatable bonds is 4. The third-order valence-electron chi connectivity index (χ3n) is 4.45. The maximum Gasteiger partial charge on any atom is 0.253 e. The monoisotopic (exact) mass is 304 g/mol. The Labute approximate surface area is 128 Å². The number of aryl methyl sites for hydroxylation is 2. The first-order valence-corrected chi connectivity index (χ1v) is 8.01. The van der Waals surface area contributed by atoms with Gasteiger partial charge in [0.25, 0.3) is 5.24 Å². The molecule has 2 aliphatic rings. The third kappa shape index (κ3) is 2.34. The first-order valence-electron chi connectivity index (χ1n) is 7.64. The van der Waals surface area contributed by atoms with Gasteiger partial charge in [-0.2, -0.15) is 0 Å². The molecule has 0 unspecified atom stereocenters. The van der Waals surface area contributed by atoms with Crippen molar-refractivity contribution in [2.75, 3.05) is 6.61 Å². The van der Waals surface area contributed by atoms with Gasteiger partial charge >= 0.3 is 0 Å². The van der Waals surface area contributed by atoms with E-state index in [1.807, 2.05) is 6.07 Å². The minimum Gasteiger partial charge on any atom is -0.489 e. The standard InChI is InChI=1S/C17H17ClO3/c18-17(19)12-7-8-14(20-9-10-5-6-10)16-15(12)11-3-1-2-4-13(11)21-16/h7-8,10H,1-6,9H2. The van der Waals surface area contributed by atoms with E-state index in [9.17, 15) is 4.79 Å². The molecule has 0 atom stereocenters. The Hall–Kier alpha value is -1.48. The molecule has 1 heterocycles. The second-order valence-corrected chi connectivity index (χ2v) is 6.40. The van der Waals surface area contributed by atoms with Crippen molar-refractivity contribution in [3.05, 3.63) is 29.0 Å². The molecule has 4 heteroatoms. The van der Waals surface area contributed by atoms with Gasteiger partial charge in [-0.1, -0.05) is 0 Å². The highest BCUT2D eigenvalue weighted by Gasteiger charge is 2.26. The molecule has 0 radical (unpaired) electrons. The zero-order valence-electron chi connectivity index (χ0n) is 11.8. The van der Waals surface area contributed by atoms with Gasteiger partial charge in [0.15, 0.2) is 11.3 Å². The first-order chi connectivity index (χ1) is 10.2. The topological polar surface area (TPSA) is 39.4 Å². The number of halogens is 1. The van der Waals surface area contributed by atoms with E-state index < -0.39 is 5.24 Å². The van der Waals surface area contributed by atoms with E-state index >= 15 is 0 Å². The van der Waals surface area contributed by atoms with Crippen LogP contribution < -0.4 is 4.74 Å². The molecular formula is C17H17ClO3. The minimum absolute atomic E-state index is 0.428. The summed E-state index contributed by atoms with van der Waals surface area (Å²) >= 11 is 5.75. The van der Waals surface area contributed by atoms with E-state index in [0.29, 0.717) is 17.1 Å². The number of hydrogen-bond acceptors (Lipinski definition) is 3. The number of fused-ring (bicyclic) bond motifs is 3. The second-order valence-electron chi connectivity index (χ2n) is 6.05. The van der Waals surface area contributed by atoms with E-state index in [-0.39, 0.29) is 0 Å². The van der Waals surface area contributed by atoms with Gasteiger partial charge < -0.3 is 9.15 Å². The fourth-order valence-electron chi connectivity index (χ4n) is 3.11. The minimum atomic E-state index is -0.428. The number of carbonyl (C=O) groups is 1. The SMILES string of the molecule is O=C(Cl)c1ccc(OCC2CC2)c2oc3c(c12)CCCC3. The molecule has 0 amide bonds. The lowest BCUT2D eigenvalue weighted by molar-refractivity contribution is 0.108. The number of furan rings is 1. The van der Waals surface area contributed by atoms with Crippen LogP contribution in [0.5, 0.6) is 5.75 Å². The molecule has 1 saturated carbocycles. The fourth-order valence-corrected chi connectivity index (χ4v) is 3.27. The van der Waals surface area contributed by atoms with Crippen molar-refractivity contribution < 1.29 is 13.9 Å². The van der Waals surface area contributed by atoms with E-state index in [1.54, 1.807) is 6.07 Å². The molecule has 2 aliphatic carbocycles. The maximum atomic E-state index is 11.7. The molecule has 1 fully saturated rings. The van der Waals surface area contributed by atoms with Crippen LogP contribution in [0.2, 0.25) is 0 Å². The highest BCUT2D eigenvalue weighted by molar-refractivity contribution is 6.68. The molecule has 0 bridgehead atoms. The summed E-state index contributed by atoms with van der Waals surface area (Å²) in [7, 11) is 0. The Morgan fingerprint density at radius 1 is 1.29 bits per heavy atom. The van der Waals surface area contributed by atoms with Crippen LogP contribution in [0.3, 0.4) is 0 Å². The Morgan fingerprint density at radius 3 is 2.86 bits per heavy atom. The van der Waals surface area contributed by atoms with Crippen LogP contribution in [0.25, 0.3) is 11.0 Å². The molecule has 0 N–H and O–H groups in total. The van der Waals surface area contributed by atoms with Crippen LogP contribution in [0.1, 0.15) is 47.4 Å². The van der Waals surface area contributed by atoms with Crippen molar-refractivity contribution in [1.29, 1.82) is 0 Å². The first kappa shape index (κ1) is 13.2. The molecule has 1 aromatic carbocycles. The quantitative estimate of drug-likeness (QED) is 0.782. The summed E-state index contributed by atoms with van der Waals surface area (Å²) in [5.41, 5.74) is 2.39. The molecule has 2 aromatic rings. The summed E-state index contributed by atoms with van der Waals surface area (Å²) in [4.78, 5) is 11.7. The van der Waals surface area contributed by atoms with Crippen molar-refractivity contribution in [3.63, 3.8) is 0 Å². The zero-order chi connectivity index (χ0) is 14.4. The lowest BCUT2D eigenvalue weighted by Gasteiger charge is -2.10. The van der Waals surface area contributed by atoms with Crippen LogP contribution in [0.15, 0.2) is 16.5 Å². The van der Waals surface area contributed by atoms with Crippen molar-refractivity contribution >= 4 is 27.8 Å². The Kier molecular flexibility index (Phi) is 3.18. The van der Waals surface area contributed by atoms with Crippen molar-refractivity contribution in [3.8, 4) is 5.75 Å². The smallest absolute Gasteiger partial charge is 0.253 e. The highest BCUT2D eigenvalue weighted by atomic mass is 35.5. The number of ether oxygens (including phenoxy) is 1. The summed E-state index contributed by atoms with van der Waals surface area (Å²) in [6, 6.07) is 3.58. The van der Waals surface area contributed by atoms with Gasteiger partial charge in [0.1, 0.15) is 5.76 Å². The molecule has 4 rings (SSSR count). The normalized spacial score (nSPS) is 17.8. The second kappa shape index (κ2) is 5.06. The van der Waals surface area contributed by atoms with Gasteiger partial charge in [0.2, 0.25) is 0 Å². The van der Waals surface area contributed by atoms with Gasteiger partial charge in [0.05, 0.1) is 6.61 Å². The Balaban J connectivity index is 1.85. The number of benzene rings is 1. The van der Waals surface area contributed by atoms with Gasteiger partial charge in [-0.05, 0) is 61.8 Å². The summed E-state index contributed by atoms with van der Waals surface area (Å²) in [6.07, 6.45) is 6.64. The molecule has 3 nitrogen and oxygen atoms in total.